The number of rotatable bonds is 8. The molecule has 5 nitrogen and oxygen atoms in total. The largest absolute Gasteiger partial charge is 0.491 e. The standard InChI is InChI=1S/C20H33FN4O.HI/c1-4-6-11-25-12-9-17(10-13-25)24-20(22-3)23-15-16-7-8-19(26-5-2)18(21)14-16;/h7-8,14,17H,4-6,9-13,15H2,1-3H3,(H2,22,23,24);1H. The second-order valence-corrected chi connectivity index (χ2v) is 6.74. The van der Waals surface area contributed by atoms with Crippen molar-refractivity contribution in [1.29, 1.82) is 0 Å². The zero-order valence-corrected chi connectivity index (χ0v) is 19.1. The van der Waals surface area contributed by atoms with E-state index in [9.17, 15) is 4.39 Å². The smallest absolute Gasteiger partial charge is 0.191 e. The quantitative estimate of drug-likeness (QED) is 0.330. The molecule has 2 rings (SSSR count). The van der Waals surface area contributed by atoms with Crippen LogP contribution >= 0.6 is 24.0 Å². The van der Waals surface area contributed by atoms with E-state index in [1.165, 1.54) is 25.5 Å². The molecule has 0 atom stereocenters. The molecule has 0 amide bonds. The Balaban J connectivity index is 0.00000364. The first-order chi connectivity index (χ1) is 12.7. The number of hydrogen-bond donors (Lipinski definition) is 2. The molecule has 0 radical (unpaired) electrons. The Morgan fingerprint density at radius 3 is 2.63 bits per heavy atom. The topological polar surface area (TPSA) is 48.9 Å². The summed E-state index contributed by atoms with van der Waals surface area (Å²) in [4.78, 5) is 6.84. The van der Waals surface area contributed by atoms with Gasteiger partial charge in [0.1, 0.15) is 0 Å². The van der Waals surface area contributed by atoms with Gasteiger partial charge in [0.25, 0.3) is 0 Å². The number of benzene rings is 1. The Bertz CT molecular complexity index is 577. The van der Waals surface area contributed by atoms with Gasteiger partial charge in [-0.25, -0.2) is 4.39 Å². The molecule has 0 saturated carbocycles. The summed E-state index contributed by atoms with van der Waals surface area (Å²) in [6.07, 6.45) is 4.78. The summed E-state index contributed by atoms with van der Waals surface area (Å²) in [7, 11) is 1.77. The van der Waals surface area contributed by atoms with E-state index in [0.717, 1.165) is 37.5 Å². The van der Waals surface area contributed by atoms with Crippen molar-refractivity contribution in [1.82, 2.24) is 15.5 Å². The number of aliphatic imine (C=N–C) groups is 1. The zero-order chi connectivity index (χ0) is 18.8. The van der Waals surface area contributed by atoms with E-state index in [1.54, 1.807) is 13.1 Å². The summed E-state index contributed by atoms with van der Waals surface area (Å²) < 4.78 is 19.2. The van der Waals surface area contributed by atoms with Crippen molar-refractivity contribution in [2.45, 2.75) is 52.1 Å². The Kier molecular flexibility index (Phi) is 11.7. The lowest BCUT2D eigenvalue weighted by Crippen LogP contribution is -2.48. The first-order valence-corrected chi connectivity index (χ1v) is 9.77. The highest BCUT2D eigenvalue weighted by molar-refractivity contribution is 14.0. The van der Waals surface area contributed by atoms with Crippen molar-refractivity contribution in [2.75, 3.05) is 33.3 Å². The van der Waals surface area contributed by atoms with Gasteiger partial charge in [0.15, 0.2) is 17.5 Å². The van der Waals surface area contributed by atoms with Crippen molar-refractivity contribution in [3.05, 3.63) is 29.6 Å². The van der Waals surface area contributed by atoms with Crippen molar-refractivity contribution in [3.8, 4) is 5.75 Å². The van der Waals surface area contributed by atoms with Crippen LogP contribution in [-0.2, 0) is 6.54 Å². The third kappa shape index (κ3) is 8.21. The normalized spacial score (nSPS) is 15.9. The number of guanidine groups is 1. The molecule has 1 aromatic carbocycles. The fraction of sp³-hybridized carbons (Fsp3) is 0.650. The minimum absolute atomic E-state index is 0. The second-order valence-electron chi connectivity index (χ2n) is 6.74. The summed E-state index contributed by atoms with van der Waals surface area (Å²) in [5, 5.41) is 6.77. The molecule has 154 valence electrons. The van der Waals surface area contributed by atoms with Gasteiger partial charge in [-0.3, -0.25) is 4.99 Å². The molecular formula is C20H34FIN4O. The van der Waals surface area contributed by atoms with Gasteiger partial charge in [0, 0.05) is 32.7 Å². The molecule has 1 aliphatic rings. The Morgan fingerprint density at radius 1 is 1.30 bits per heavy atom. The molecule has 0 spiro atoms. The highest BCUT2D eigenvalue weighted by atomic mass is 127. The molecule has 7 heteroatoms. The van der Waals surface area contributed by atoms with Crippen LogP contribution in [-0.4, -0.2) is 50.2 Å². The monoisotopic (exact) mass is 492 g/mol. The Morgan fingerprint density at radius 2 is 2.04 bits per heavy atom. The predicted molar refractivity (Wildman–Crippen MR) is 121 cm³/mol. The van der Waals surface area contributed by atoms with Crippen molar-refractivity contribution >= 4 is 29.9 Å². The summed E-state index contributed by atoms with van der Waals surface area (Å²) in [5.74, 6) is 0.744. The minimum atomic E-state index is -0.325. The lowest BCUT2D eigenvalue weighted by molar-refractivity contribution is 0.203. The molecule has 2 N–H and O–H groups in total. The predicted octanol–water partition coefficient (Wildman–Crippen LogP) is 3.77. The SMILES string of the molecule is CCCCN1CCC(NC(=NC)NCc2ccc(OCC)c(F)c2)CC1.I. The first-order valence-electron chi connectivity index (χ1n) is 9.77. The average Bonchev–Trinajstić information content (AvgIpc) is 2.66. The second kappa shape index (κ2) is 13.1. The number of likely N-dealkylation sites (tertiary alicyclic amines) is 1. The number of nitrogens with one attached hydrogen (secondary N) is 2. The summed E-state index contributed by atoms with van der Waals surface area (Å²) in [5.41, 5.74) is 0.864. The maximum atomic E-state index is 13.9. The number of hydrogen-bond acceptors (Lipinski definition) is 3. The lowest BCUT2D eigenvalue weighted by atomic mass is 10.0. The minimum Gasteiger partial charge on any atom is -0.491 e. The maximum Gasteiger partial charge on any atom is 0.191 e. The zero-order valence-electron chi connectivity index (χ0n) is 16.8. The van der Waals surface area contributed by atoms with E-state index in [2.05, 4.69) is 27.4 Å². The van der Waals surface area contributed by atoms with E-state index in [4.69, 9.17) is 4.74 Å². The van der Waals surface area contributed by atoms with Crippen LogP contribution in [0.4, 0.5) is 4.39 Å². The molecule has 1 heterocycles. The van der Waals surface area contributed by atoms with Gasteiger partial charge >= 0.3 is 0 Å². The van der Waals surface area contributed by atoms with Crippen LogP contribution in [0.2, 0.25) is 0 Å². The highest BCUT2D eigenvalue weighted by Crippen LogP contribution is 2.18. The number of halogens is 2. The molecule has 0 unspecified atom stereocenters. The molecule has 1 fully saturated rings. The molecule has 1 aromatic rings. The summed E-state index contributed by atoms with van der Waals surface area (Å²) >= 11 is 0. The molecular weight excluding hydrogens is 458 g/mol. The van der Waals surface area contributed by atoms with Crippen LogP contribution in [0.3, 0.4) is 0 Å². The van der Waals surface area contributed by atoms with Crippen molar-refractivity contribution in [3.63, 3.8) is 0 Å². The Hall–Kier alpha value is -1.09. The summed E-state index contributed by atoms with van der Waals surface area (Å²) in [6.45, 7) is 8.55. The van der Waals surface area contributed by atoms with E-state index in [-0.39, 0.29) is 29.8 Å². The van der Waals surface area contributed by atoms with Crippen molar-refractivity contribution in [2.24, 2.45) is 4.99 Å². The first kappa shape index (κ1) is 23.9. The average molecular weight is 492 g/mol. The van der Waals surface area contributed by atoms with E-state index in [0.29, 0.717) is 24.9 Å². The van der Waals surface area contributed by atoms with E-state index >= 15 is 0 Å². The highest BCUT2D eigenvalue weighted by Gasteiger charge is 2.19. The van der Waals surface area contributed by atoms with Gasteiger partial charge in [-0.1, -0.05) is 19.4 Å². The number of nitrogens with zero attached hydrogens (tertiary/aromatic N) is 2. The van der Waals surface area contributed by atoms with Gasteiger partial charge in [-0.05, 0) is 50.4 Å². The van der Waals surface area contributed by atoms with Gasteiger partial charge in [-0.2, -0.15) is 0 Å². The fourth-order valence-electron chi connectivity index (χ4n) is 3.18. The lowest BCUT2D eigenvalue weighted by Gasteiger charge is -2.33. The van der Waals surface area contributed by atoms with Crippen LogP contribution in [0.25, 0.3) is 0 Å². The molecule has 1 aliphatic heterocycles. The van der Waals surface area contributed by atoms with Gasteiger partial charge in [0.2, 0.25) is 0 Å². The number of piperidine rings is 1. The van der Waals surface area contributed by atoms with Crippen molar-refractivity contribution < 1.29 is 9.13 Å². The summed E-state index contributed by atoms with van der Waals surface area (Å²) in [6, 6.07) is 5.51. The number of unbranched alkanes of at least 4 members (excludes halogenated alkanes) is 1. The van der Waals surface area contributed by atoms with Crippen LogP contribution in [0, 0.1) is 5.82 Å². The molecule has 1 saturated heterocycles. The maximum absolute atomic E-state index is 13.9. The number of ether oxygens (including phenoxy) is 1. The third-order valence-corrected chi connectivity index (χ3v) is 4.74. The molecule has 0 aromatic heterocycles. The van der Waals surface area contributed by atoms with Gasteiger partial charge in [0.05, 0.1) is 6.61 Å². The van der Waals surface area contributed by atoms with E-state index < -0.39 is 0 Å². The molecule has 0 aliphatic carbocycles. The van der Waals surface area contributed by atoms with Gasteiger partial charge in [-0.15, -0.1) is 24.0 Å². The Labute approximate surface area is 180 Å². The van der Waals surface area contributed by atoms with Crippen LogP contribution < -0.4 is 15.4 Å². The third-order valence-electron chi connectivity index (χ3n) is 4.74. The van der Waals surface area contributed by atoms with Crippen LogP contribution in [0.15, 0.2) is 23.2 Å². The van der Waals surface area contributed by atoms with E-state index in [1.807, 2.05) is 13.0 Å². The molecule has 0 bridgehead atoms. The van der Waals surface area contributed by atoms with Crippen LogP contribution in [0.1, 0.15) is 45.1 Å². The fourth-order valence-corrected chi connectivity index (χ4v) is 3.18. The van der Waals surface area contributed by atoms with Gasteiger partial charge < -0.3 is 20.3 Å². The van der Waals surface area contributed by atoms with Crippen LogP contribution in [0.5, 0.6) is 5.75 Å². The molecule has 27 heavy (non-hydrogen) atoms.